The molecular weight excluding hydrogens is 222 g/mol. The van der Waals surface area contributed by atoms with Crippen molar-refractivity contribution < 1.29 is 0 Å². The number of benzene rings is 1. The van der Waals surface area contributed by atoms with Crippen molar-refractivity contribution in [1.29, 1.82) is 0 Å². The van der Waals surface area contributed by atoms with Crippen LogP contribution in [0.2, 0.25) is 0 Å². The van der Waals surface area contributed by atoms with E-state index in [2.05, 4.69) is 46.5 Å². The first-order valence-electron chi connectivity index (χ1n) is 6.62. The van der Waals surface area contributed by atoms with Crippen molar-refractivity contribution in [3.8, 4) is 0 Å². The molecule has 0 bridgehead atoms. The Bertz CT molecular complexity index is 533. The van der Waals surface area contributed by atoms with E-state index in [1.54, 1.807) is 0 Å². The Morgan fingerprint density at radius 3 is 3.06 bits per heavy atom. The molecule has 1 aliphatic rings. The van der Waals surface area contributed by atoms with Gasteiger partial charge in [0.25, 0.3) is 0 Å². The molecule has 1 saturated heterocycles. The number of aromatic nitrogens is 1. The number of nitrogens with one attached hydrogen (secondary N) is 1. The van der Waals surface area contributed by atoms with Crippen LogP contribution in [0.4, 0.5) is 5.69 Å². The van der Waals surface area contributed by atoms with E-state index in [0.29, 0.717) is 6.04 Å². The zero-order valence-corrected chi connectivity index (χ0v) is 10.8. The number of likely N-dealkylation sites (tertiary alicyclic amines) is 1. The summed E-state index contributed by atoms with van der Waals surface area (Å²) in [5.41, 5.74) is 2.24. The number of pyridine rings is 1. The number of likely N-dealkylation sites (N-methyl/N-ethyl adjacent to an activating group) is 1. The highest BCUT2D eigenvalue weighted by Crippen LogP contribution is 2.23. The Morgan fingerprint density at radius 2 is 2.17 bits per heavy atom. The fourth-order valence-corrected chi connectivity index (χ4v) is 2.72. The Hall–Kier alpha value is -1.61. The lowest BCUT2D eigenvalue weighted by Gasteiger charge is -2.31. The molecule has 1 N–H and O–H groups in total. The first kappa shape index (κ1) is 11.5. The fraction of sp³-hybridized carbons (Fsp3) is 0.400. The first-order chi connectivity index (χ1) is 8.83. The van der Waals surface area contributed by atoms with Gasteiger partial charge in [0.05, 0.1) is 11.2 Å². The maximum atomic E-state index is 4.49. The highest BCUT2D eigenvalue weighted by Gasteiger charge is 2.17. The summed E-state index contributed by atoms with van der Waals surface area (Å²) in [6, 6.07) is 11.0. The van der Waals surface area contributed by atoms with Crippen molar-refractivity contribution >= 4 is 16.6 Å². The van der Waals surface area contributed by atoms with Crippen molar-refractivity contribution in [2.75, 3.05) is 25.5 Å². The number of anilines is 1. The molecule has 1 unspecified atom stereocenters. The van der Waals surface area contributed by atoms with Gasteiger partial charge in [-0.3, -0.25) is 4.98 Å². The van der Waals surface area contributed by atoms with E-state index in [-0.39, 0.29) is 0 Å². The molecule has 3 rings (SSSR count). The summed E-state index contributed by atoms with van der Waals surface area (Å²) >= 11 is 0. The predicted molar refractivity (Wildman–Crippen MR) is 75.9 cm³/mol. The van der Waals surface area contributed by atoms with Crippen LogP contribution < -0.4 is 5.32 Å². The highest BCUT2D eigenvalue weighted by molar-refractivity contribution is 5.90. The minimum absolute atomic E-state index is 0.538. The van der Waals surface area contributed by atoms with Gasteiger partial charge in [-0.15, -0.1) is 0 Å². The van der Waals surface area contributed by atoms with Crippen LogP contribution in [0.5, 0.6) is 0 Å². The van der Waals surface area contributed by atoms with E-state index >= 15 is 0 Å². The fourth-order valence-electron chi connectivity index (χ4n) is 2.72. The second-order valence-electron chi connectivity index (χ2n) is 5.13. The summed E-state index contributed by atoms with van der Waals surface area (Å²) in [5.74, 6) is 0. The molecule has 2 aromatic rings. The van der Waals surface area contributed by atoms with Gasteiger partial charge < -0.3 is 10.2 Å². The maximum absolute atomic E-state index is 4.49. The van der Waals surface area contributed by atoms with Gasteiger partial charge in [-0.25, -0.2) is 0 Å². The van der Waals surface area contributed by atoms with Gasteiger partial charge in [0.2, 0.25) is 0 Å². The SMILES string of the molecule is CN1CCCC(Nc2cccc3cccnc23)C1. The van der Waals surface area contributed by atoms with E-state index in [1.165, 1.54) is 24.8 Å². The van der Waals surface area contributed by atoms with Crippen LogP contribution in [0.25, 0.3) is 10.9 Å². The Labute approximate surface area is 108 Å². The zero-order chi connectivity index (χ0) is 12.4. The standard InChI is InChI=1S/C15H19N3/c1-18-10-4-7-13(11-18)17-14-8-2-5-12-6-3-9-16-15(12)14/h2-3,5-6,8-9,13,17H,4,7,10-11H2,1H3. The molecule has 3 nitrogen and oxygen atoms in total. The van der Waals surface area contributed by atoms with E-state index in [0.717, 1.165) is 17.7 Å². The lowest BCUT2D eigenvalue weighted by Crippen LogP contribution is -2.39. The molecule has 1 aliphatic heterocycles. The van der Waals surface area contributed by atoms with Crippen LogP contribution in [-0.2, 0) is 0 Å². The van der Waals surface area contributed by atoms with Gasteiger partial charge >= 0.3 is 0 Å². The smallest absolute Gasteiger partial charge is 0.0933 e. The number of para-hydroxylation sites is 1. The first-order valence-corrected chi connectivity index (χ1v) is 6.62. The summed E-state index contributed by atoms with van der Waals surface area (Å²) in [4.78, 5) is 6.88. The van der Waals surface area contributed by atoms with Crippen LogP contribution in [-0.4, -0.2) is 36.1 Å². The van der Waals surface area contributed by atoms with Crippen molar-refractivity contribution in [2.45, 2.75) is 18.9 Å². The van der Waals surface area contributed by atoms with Gasteiger partial charge in [0.1, 0.15) is 0 Å². The number of fused-ring (bicyclic) bond motifs is 1. The third-order valence-corrected chi connectivity index (χ3v) is 3.62. The molecule has 1 aromatic carbocycles. The number of piperidine rings is 1. The van der Waals surface area contributed by atoms with E-state index < -0.39 is 0 Å². The van der Waals surface area contributed by atoms with Crippen molar-refractivity contribution in [1.82, 2.24) is 9.88 Å². The van der Waals surface area contributed by atoms with Crippen LogP contribution >= 0.6 is 0 Å². The second-order valence-corrected chi connectivity index (χ2v) is 5.13. The third-order valence-electron chi connectivity index (χ3n) is 3.62. The van der Waals surface area contributed by atoms with Crippen molar-refractivity contribution in [3.63, 3.8) is 0 Å². The van der Waals surface area contributed by atoms with Gasteiger partial charge in [0.15, 0.2) is 0 Å². The molecule has 2 heterocycles. The number of rotatable bonds is 2. The van der Waals surface area contributed by atoms with Crippen LogP contribution in [0, 0.1) is 0 Å². The summed E-state index contributed by atoms with van der Waals surface area (Å²) in [5, 5.41) is 4.85. The van der Waals surface area contributed by atoms with Gasteiger partial charge in [0, 0.05) is 24.2 Å². The average molecular weight is 241 g/mol. The molecule has 0 amide bonds. The Kier molecular flexibility index (Phi) is 3.15. The Morgan fingerprint density at radius 1 is 1.28 bits per heavy atom. The van der Waals surface area contributed by atoms with Gasteiger partial charge in [-0.05, 0) is 38.6 Å². The van der Waals surface area contributed by atoms with Gasteiger partial charge in [-0.1, -0.05) is 18.2 Å². The Balaban J connectivity index is 1.86. The van der Waals surface area contributed by atoms with E-state index in [4.69, 9.17) is 0 Å². The molecule has 0 aliphatic carbocycles. The average Bonchev–Trinajstić information content (AvgIpc) is 2.39. The lowest BCUT2D eigenvalue weighted by atomic mass is 10.1. The van der Waals surface area contributed by atoms with Crippen LogP contribution in [0.1, 0.15) is 12.8 Å². The highest BCUT2D eigenvalue weighted by atomic mass is 15.1. The summed E-state index contributed by atoms with van der Waals surface area (Å²) < 4.78 is 0. The quantitative estimate of drug-likeness (QED) is 0.876. The zero-order valence-electron chi connectivity index (χ0n) is 10.8. The van der Waals surface area contributed by atoms with E-state index in [9.17, 15) is 0 Å². The number of hydrogen-bond acceptors (Lipinski definition) is 3. The summed E-state index contributed by atoms with van der Waals surface area (Å²) in [7, 11) is 2.19. The minimum Gasteiger partial charge on any atom is -0.379 e. The maximum Gasteiger partial charge on any atom is 0.0933 e. The van der Waals surface area contributed by atoms with Crippen LogP contribution in [0.15, 0.2) is 36.5 Å². The molecular formula is C15H19N3. The normalized spacial score (nSPS) is 21.1. The van der Waals surface area contributed by atoms with Crippen molar-refractivity contribution in [2.24, 2.45) is 0 Å². The topological polar surface area (TPSA) is 28.2 Å². The summed E-state index contributed by atoms with van der Waals surface area (Å²) in [6.07, 6.45) is 4.38. The van der Waals surface area contributed by atoms with Crippen molar-refractivity contribution in [3.05, 3.63) is 36.5 Å². The monoisotopic (exact) mass is 241 g/mol. The molecule has 3 heteroatoms. The molecule has 1 atom stereocenters. The van der Waals surface area contributed by atoms with E-state index in [1.807, 2.05) is 12.3 Å². The molecule has 94 valence electrons. The number of nitrogens with zero attached hydrogens (tertiary/aromatic N) is 2. The second kappa shape index (κ2) is 4.94. The number of hydrogen-bond donors (Lipinski definition) is 1. The molecule has 0 saturated carbocycles. The van der Waals surface area contributed by atoms with Crippen LogP contribution in [0.3, 0.4) is 0 Å². The summed E-state index contributed by atoms with van der Waals surface area (Å²) in [6.45, 7) is 2.33. The molecule has 18 heavy (non-hydrogen) atoms. The lowest BCUT2D eigenvalue weighted by molar-refractivity contribution is 0.261. The molecule has 0 spiro atoms. The predicted octanol–water partition coefficient (Wildman–Crippen LogP) is 2.74. The molecule has 1 aromatic heterocycles. The largest absolute Gasteiger partial charge is 0.379 e. The molecule has 1 fully saturated rings. The third kappa shape index (κ3) is 2.31. The minimum atomic E-state index is 0.538. The van der Waals surface area contributed by atoms with Gasteiger partial charge in [-0.2, -0.15) is 0 Å². The molecule has 0 radical (unpaired) electrons.